The van der Waals surface area contributed by atoms with E-state index in [9.17, 15) is 18.3 Å². The van der Waals surface area contributed by atoms with Crippen molar-refractivity contribution in [1.29, 1.82) is 0 Å². The Balaban J connectivity index is 1.62. The minimum Gasteiger partial charge on any atom is -0.444 e. The monoisotopic (exact) mass is 620 g/mol. The lowest BCUT2D eigenvalue weighted by molar-refractivity contribution is 0.0527. The molecule has 2 aromatic carbocycles. The number of alkyl carbamates (subject to hydrolysis) is 1. The summed E-state index contributed by atoms with van der Waals surface area (Å²) in [6, 6.07) is 12.8. The van der Waals surface area contributed by atoms with Gasteiger partial charge in [-0.25, -0.2) is 18.2 Å². The number of rotatable bonds is 11. The second-order valence-corrected chi connectivity index (χ2v) is 14.3. The van der Waals surface area contributed by atoms with Crippen LogP contribution >= 0.6 is 0 Å². The zero-order valence-corrected chi connectivity index (χ0v) is 27.0. The van der Waals surface area contributed by atoms with Crippen molar-refractivity contribution in [2.45, 2.75) is 76.7 Å². The van der Waals surface area contributed by atoms with Crippen molar-refractivity contribution in [2.75, 3.05) is 32.0 Å². The largest absolute Gasteiger partial charge is 0.444 e. The Labute approximate surface area is 261 Å². The van der Waals surface area contributed by atoms with E-state index < -0.39 is 21.7 Å². The lowest BCUT2D eigenvalue weighted by Gasteiger charge is -2.36. The van der Waals surface area contributed by atoms with Crippen molar-refractivity contribution in [3.8, 4) is 23.0 Å². The Morgan fingerprint density at radius 2 is 1.91 bits per heavy atom. The highest BCUT2D eigenvalue weighted by atomic mass is 32.2. The Morgan fingerprint density at radius 1 is 1.14 bits per heavy atom. The van der Waals surface area contributed by atoms with Gasteiger partial charge in [0, 0.05) is 49.5 Å². The molecule has 1 aliphatic rings. The number of ether oxygens (including phenoxy) is 1. The van der Waals surface area contributed by atoms with Crippen LogP contribution in [0.15, 0.2) is 47.4 Å². The highest BCUT2D eigenvalue weighted by Crippen LogP contribution is 2.32. The lowest BCUT2D eigenvalue weighted by Crippen LogP contribution is -2.51. The number of aromatic nitrogens is 1. The second kappa shape index (κ2) is 14.4. The molecule has 10 heteroatoms. The third kappa shape index (κ3) is 8.50. The third-order valence-electron chi connectivity index (χ3n) is 7.45. The number of fused-ring (bicyclic) bond motifs is 1. The van der Waals surface area contributed by atoms with Gasteiger partial charge in [0.2, 0.25) is 10.0 Å². The molecule has 3 aromatic rings. The van der Waals surface area contributed by atoms with Crippen LogP contribution < -0.4 is 11.1 Å². The zero-order chi connectivity index (χ0) is 31.9. The molecule has 1 fully saturated rings. The van der Waals surface area contributed by atoms with Crippen LogP contribution in [-0.4, -0.2) is 60.7 Å². The van der Waals surface area contributed by atoms with Crippen molar-refractivity contribution in [2.24, 2.45) is 5.92 Å². The van der Waals surface area contributed by atoms with Crippen LogP contribution in [0.25, 0.3) is 22.0 Å². The number of carbonyl (C=O) groups excluding carboxylic acids is 1. The van der Waals surface area contributed by atoms with Gasteiger partial charge in [-0.3, -0.25) is 0 Å². The van der Waals surface area contributed by atoms with Crippen molar-refractivity contribution < 1.29 is 23.1 Å². The van der Waals surface area contributed by atoms with Gasteiger partial charge in [0.05, 0.1) is 10.4 Å². The zero-order valence-electron chi connectivity index (χ0n) is 26.2. The molecule has 2 heterocycles. The molecule has 4 N–H and O–H groups in total. The fraction of sp³-hybridized carbons (Fsp3) is 0.471. The fourth-order valence-electron chi connectivity index (χ4n) is 5.03. The van der Waals surface area contributed by atoms with E-state index >= 15 is 0 Å². The molecule has 1 amide bonds. The molecule has 44 heavy (non-hydrogen) atoms. The van der Waals surface area contributed by atoms with Crippen molar-refractivity contribution in [1.82, 2.24) is 14.6 Å². The molecule has 0 bridgehead atoms. The number of benzene rings is 2. The molecular formula is C34H44N4O5S. The van der Waals surface area contributed by atoms with Gasteiger partial charge in [-0.1, -0.05) is 43.7 Å². The number of nitrogens with zero attached hydrogens (tertiary/aromatic N) is 2. The van der Waals surface area contributed by atoms with Crippen LogP contribution in [-0.2, 0) is 21.2 Å². The number of hydrogen-bond acceptors (Lipinski definition) is 7. The molecule has 0 aliphatic carbocycles. The highest BCUT2D eigenvalue weighted by molar-refractivity contribution is 7.89. The van der Waals surface area contributed by atoms with E-state index in [1.165, 1.54) is 4.31 Å². The van der Waals surface area contributed by atoms with Gasteiger partial charge in [-0.2, -0.15) is 4.31 Å². The first kappa shape index (κ1) is 33.2. The van der Waals surface area contributed by atoms with E-state index in [2.05, 4.69) is 30.1 Å². The number of anilines is 1. The maximum absolute atomic E-state index is 13.2. The fourth-order valence-corrected chi connectivity index (χ4v) is 6.66. The van der Waals surface area contributed by atoms with Crippen molar-refractivity contribution in [3.05, 3.63) is 53.6 Å². The van der Waals surface area contributed by atoms with Crippen LogP contribution in [0.5, 0.6) is 0 Å². The van der Waals surface area contributed by atoms with Gasteiger partial charge in [0.25, 0.3) is 0 Å². The number of hydrogen-bond donors (Lipinski definition) is 3. The normalized spacial score (nSPS) is 14.1. The third-order valence-corrected chi connectivity index (χ3v) is 9.28. The van der Waals surface area contributed by atoms with Gasteiger partial charge in [-0.05, 0) is 87.1 Å². The first-order valence-corrected chi connectivity index (χ1v) is 16.8. The van der Waals surface area contributed by atoms with Crippen LogP contribution in [0.1, 0.15) is 70.9 Å². The summed E-state index contributed by atoms with van der Waals surface area (Å²) < 4.78 is 33.1. The maximum atomic E-state index is 13.2. The molecule has 1 saturated heterocycles. The summed E-state index contributed by atoms with van der Waals surface area (Å²) in [7, 11) is -3.67. The molecule has 4 rings (SSSR count). The Morgan fingerprint density at radius 3 is 2.61 bits per heavy atom. The Kier molecular flexibility index (Phi) is 10.9. The summed E-state index contributed by atoms with van der Waals surface area (Å²) >= 11 is 0. The van der Waals surface area contributed by atoms with Gasteiger partial charge < -0.3 is 20.9 Å². The molecule has 0 radical (unpaired) electrons. The number of sulfonamides is 1. The molecule has 0 saturated carbocycles. The average molecular weight is 621 g/mol. The summed E-state index contributed by atoms with van der Waals surface area (Å²) in [6.45, 7) is 8.68. The quantitative estimate of drug-likeness (QED) is 0.191. The van der Waals surface area contributed by atoms with E-state index in [4.69, 9.17) is 15.5 Å². The lowest BCUT2D eigenvalue weighted by atomic mass is 9.97. The first-order chi connectivity index (χ1) is 20.9. The standard InChI is InChI=1S/C34H44N4O5S/c1-5-6-8-13-27-19-30-26(12-9-7-10-16-36-33(40)43-34(2,3)4)17-28(20-31(30)37-32(27)35)25-14-11-15-29(18-25)44(41,42)38-21-24(22-38)23-39/h11,14-15,17-20,24,39H,5-8,10,13,16,21-23H2,1-4H3,(H2,35,37)(H,36,40). The molecule has 0 atom stereocenters. The average Bonchev–Trinajstić information content (AvgIpc) is 2.93. The van der Waals surface area contributed by atoms with E-state index in [1.54, 1.807) is 18.2 Å². The van der Waals surface area contributed by atoms with E-state index in [0.717, 1.165) is 53.3 Å². The number of nitrogens with two attached hydrogens (primary N) is 1. The summed E-state index contributed by atoms with van der Waals surface area (Å²) in [5.41, 5.74) is 9.82. The predicted molar refractivity (Wildman–Crippen MR) is 175 cm³/mol. The van der Waals surface area contributed by atoms with Crippen molar-refractivity contribution in [3.63, 3.8) is 0 Å². The molecular weight excluding hydrogens is 576 g/mol. The van der Waals surface area contributed by atoms with Gasteiger partial charge >= 0.3 is 6.09 Å². The van der Waals surface area contributed by atoms with E-state index in [0.29, 0.717) is 43.8 Å². The minimum absolute atomic E-state index is 0.0222. The molecule has 1 aliphatic heterocycles. The Bertz CT molecular complexity index is 1650. The van der Waals surface area contributed by atoms with Crippen LogP contribution in [0, 0.1) is 17.8 Å². The number of unbranched alkanes of at least 4 members (excludes halogenated alkanes) is 3. The summed E-state index contributed by atoms with van der Waals surface area (Å²) in [5, 5.41) is 13.0. The second-order valence-electron chi connectivity index (χ2n) is 12.3. The van der Waals surface area contributed by atoms with Gasteiger partial charge in [0.1, 0.15) is 11.4 Å². The number of nitrogens with one attached hydrogen (secondary N) is 1. The number of amides is 1. The van der Waals surface area contributed by atoms with Gasteiger partial charge in [0.15, 0.2) is 0 Å². The van der Waals surface area contributed by atoms with Crippen molar-refractivity contribution >= 4 is 32.8 Å². The number of aryl methyl sites for hydroxylation is 1. The first-order valence-electron chi connectivity index (χ1n) is 15.3. The van der Waals surface area contributed by atoms with Gasteiger partial charge in [-0.15, -0.1) is 0 Å². The highest BCUT2D eigenvalue weighted by Gasteiger charge is 2.36. The summed E-state index contributed by atoms with van der Waals surface area (Å²) in [5.74, 6) is 7.01. The van der Waals surface area contributed by atoms with E-state index in [1.807, 2.05) is 39.0 Å². The smallest absolute Gasteiger partial charge is 0.407 e. The molecule has 1 aromatic heterocycles. The van der Waals surface area contributed by atoms with E-state index in [-0.39, 0.29) is 17.4 Å². The predicted octanol–water partition coefficient (Wildman–Crippen LogP) is 5.49. The maximum Gasteiger partial charge on any atom is 0.407 e. The number of aliphatic hydroxyl groups is 1. The Hall–Kier alpha value is -3.65. The molecule has 9 nitrogen and oxygen atoms in total. The van der Waals surface area contributed by atoms with Crippen LogP contribution in [0.2, 0.25) is 0 Å². The number of pyridine rings is 1. The number of carbonyl (C=O) groups is 1. The number of aliphatic hydroxyl groups excluding tert-OH is 1. The van der Waals surface area contributed by atoms with Crippen LogP contribution in [0.4, 0.5) is 10.6 Å². The summed E-state index contributed by atoms with van der Waals surface area (Å²) in [4.78, 5) is 16.9. The topological polar surface area (TPSA) is 135 Å². The molecule has 0 spiro atoms. The molecule has 236 valence electrons. The van der Waals surface area contributed by atoms with Crippen LogP contribution in [0.3, 0.4) is 0 Å². The number of nitrogen functional groups attached to an aromatic ring is 1. The summed E-state index contributed by atoms with van der Waals surface area (Å²) in [6.07, 6.45) is 4.85. The SMILES string of the molecule is CCCCCc1cc2c(C#CCCCNC(=O)OC(C)(C)C)cc(-c3cccc(S(=O)(=O)N4CC(CO)C4)c3)cc2nc1N. The molecule has 0 unspecified atom stereocenters. The minimum atomic E-state index is -3.67.